The topological polar surface area (TPSA) is 31.8 Å². The largest absolute Gasteiger partial charge is 0.385 e. The predicted molar refractivity (Wildman–Crippen MR) is 155 cm³/mol. The first-order valence-corrected chi connectivity index (χ1v) is 15.3. The number of pyridine rings is 2. The normalized spacial score (nSPS) is 11.1. The summed E-state index contributed by atoms with van der Waals surface area (Å²) in [6.45, 7) is 8.99. The Morgan fingerprint density at radius 2 is 0.778 bits per heavy atom. The Bertz CT molecular complexity index is 676. The van der Waals surface area contributed by atoms with E-state index in [1.807, 2.05) is 0 Å². The zero-order valence-corrected chi connectivity index (χ0v) is 23.7. The van der Waals surface area contributed by atoms with Gasteiger partial charge in [0.2, 0.25) is 0 Å². The standard InChI is InChI=1S/C32H54N4/c1-3-5-7-15-23-33-31-19-27-35(28-20-31)25-17-13-11-9-10-12-14-18-26-36-29-21-32(22-30-36)34-24-16-8-6-4-2/h19-22,27-30H,3-18,23-26H2,1-2H3/p+2. The highest BCUT2D eigenvalue weighted by molar-refractivity contribution is 5.40. The molecule has 0 aliphatic rings. The van der Waals surface area contributed by atoms with Crippen molar-refractivity contribution in [1.82, 2.24) is 0 Å². The van der Waals surface area contributed by atoms with E-state index in [4.69, 9.17) is 0 Å². The molecule has 0 bridgehead atoms. The van der Waals surface area contributed by atoms with Crippen LogP contribution in [0.25, 0.3) is 0 Å². The summed E-state index contributed by atoms with van der Waals surface area (Å²) in [6.07, 6.45) is 30.2. The van der Waals surface area contributed by atoms with Gasteiger partial charge in [0.05, 0.1) is 0 Å². The second-order valence-corrected chi connectivity index (χ2v) is 10.5. The van der Waals surface area contributed by atoms with Gasteiger partial charge in [-0.1, -0.05) is 78.1 Å². The molecule has 4 heteroatoms. The van der Waals surface area contributed by atoms with Crippen LogP contribution in [0.1, 0.15) is 117 Å². The number of nitrogens with one attached hydrogen (secondary N) is 2. The Balaban J connectivity index is 1.40. The van der Waals surface area contributed by atoms with Crippen molar-refractivity contribution in [3.05, 3.63) is 49.1 Å². The molecule has 0 saturated carbocycles. The summed E-state index contributed by atoms with van der Waals surface area (Å²) in [7, 11) is 0. The average molecular weight is 497 g/mol. The molecule has 2 rings (SSSR count). The van der Waals surface area contributed by atoms with Crippen LogP contribution in [0.15, 0.2) is 49.1 Å². The Labute approximate surface area is 222 Å². The monoisotopic (exact) mass is 496 g/mol. The predicted octanol–water partition coefficient (Wildman–Crippen LogP) is 8.07. The molecule has 0 spiro atoms. The van der Waals surface area contributed by atoms with Crippen molar-refractivity contribution in [2.75, 3.05) is 23.7 Å². The van der Waals surface area contributed by atoms with E-state index < -0.39 is 0 Å². The van der Waals surface area contributed by atoms with E-state index in [2.05, 4.69) is 82.7 Å². The molecule has 2 N–H and O–H groups in total. The van der Waals surface area contributed by atoms with E-state index in [1.54, 1.807) is 0 Å². The molecule has 0 radical (unpaired) electrons. The maximum absolute atomic E-state index is 3.54. The quantitative estimate of drug-likeness (QED) is 0.120. The van der Waals surface area contributed by atoms with Gasteiger partial charge in [0.15, 0.2) is 24.8 Å². The van der Waals surface area contributed by atoms with E-state index in [-0.39, 0.29) is 0 Å². The molecule has 0 saturated heterocycles. The van der Waals surface area contributed by atoms with Gasteiger partial charge in [-0.3, -0.25) is 0 Å². The lowest BCUT2D eigenvalue weighted by molar-refractivity contribution is -0.697. The summed E-state index contributed by atoms with van der Waals surface area (Å²) in [5.74, 6) is 0. The van der Waals surface area contributed by atoms with Crippen LogP contribution in [0.2, 0.25) is 0 Å². The van der Waals surface area contributed by atoms with Crippen LogP contribution in [0.3, 0.4) is 0 Å². The Hall–Kier alpha value is -2.10. The van der Waals surface area contributed by atoms with E-state index >= 15 is 0 Å². The summed E-state index contributed by atoms with van der Waals surface area (Å²) in [6, 6.07) is 8.88. The number of unbranched alkanes of at least 4 members (excludes halogenated alkanes) is 13. The molecule has 0 aromatic carbocycles. The molecule has 0 atom stereocenters. The van der Waals surface area contributed by atoms with E-state index in [1.165, 1.54) is 114 Å². The van der Waals surface area contributed by atoms with E-state index in [0.717, 1.165) is 26.2 Å². The third-order valence-electron chi connectivity index (χ3n) is 7.08. The number of aryl methyl sites for hydroxylation is 2. The van der Waals surface area contributed by atoms with Gasteiger partial charge in [-0.25, -0.2) is 9.13 Å². The molecule has 2 aromatic rings. The van der Waals surface area contributed by atoms with Crippen LogP contribution in [0.4, 0.5) is 11.4 Å². The summed E-state index contributed by atoms with van der Waals surface area (Å²) < 4.78 is 4.66. The zero-order chi connectivity index (χ0) is 25.5. The van der Waals surface area contributed by atoms with Crippen LogP contribution >= 0.6 is 0 Å². The molecule has 202 valence electrons. The Kier molecular flexibility index (Phi) is 17.6. The average Bonchev–Trinajstić information content (AvgIpc) is 2.91. The lowest BCUT2D eigenvalue weighted by atomic mass is 10.1. The number of anilines is 2. The van der Waals surface area contributed by atoms with Gasteiger partial charge in [-0.05, 0) is 25.7 Å². The number of hydrogen-bond acceptors (Lipinski definition) is 2. The van der Waals surface area contributed by atoms with Crippen molar-refractivity contribution >= 4 is 11.4 Å². The molecular weight excluding hydrogens is 440 g/mol. The second kappa shape index (κ2) is 21.0. The summed E-state index contributed by atoms with van der Waals surface area (Å²) >= 11 is 0. The SMILES string of the molecule is CCCCCCNc1cc[n+](CCCCCCCCCC[n+]2ccc(NCCCCCC)cc2)cc1. The van der Waals surface area contributed by atoms with Gasteiger partial charge in [0.1, 0.15) is 13.1 Å². The van der Waals surface area contributed by atoms with Gasteiger partial charge in [0.25, 0.3) is 0 Å². The summed E-state index contributed by atoms with van der Waals surface area (Å²) in [5.41, 5.74) is 2.51. The van der Waals surface area contributed by atoms with Crippen molar-refractivity contribution in [3.63, 3.8) is 0 Å². The number of aromatic nitrogens is 2. The number of hydrogen-bond donors (Lipinski definition) is 2. The maximum atomic E-state index is 3.54. The maximum Gasteiger partial charge on any atom is 0.170 e. The summed E-state index contributed by atoms with van der Waals surface area (Å²) in [5, 5.41) is 7.08. The van der Waals surface area contributed by atoms with Crippen molar-refractivity contribution in [2.24, 2.45) is 0 Å². The van der Waals surface area contributed by atoms with Crippen LogP contribution in [-0.2, 0) is 13.1 Å². The van der Waals surface area contributed by atoms with E-state index in [9.17, 15) is 0 Å². The van der Waals surface area contributed by atoms with Gasteiger partial charge in [0, 0.05) is 61.6 Å². The van der Waals surface area contributed by atoms with Gasteiger partial charge < -0.3 is 10.6 Å². The molecule has 0 aliphatic heterocycles. The fourth-order valence-electron chi connectivity index (χ4n) is 4.67. The minimum absolute atomic E-state index is 1.09. The lowest BCUT2D eigenvalue weighted by Gasteiger charge is -2.05. The minimum atomic E-state index is 1.09. The van der Waals surface area contributed by atoms with Gasteiger partial charge in [-0.15, -0.1) is 0 Å². The number of rotatable bonds is 23. The molecule has 0 amide bonds. The molecular formula is C32H56N4+2. The van der Waals surface area contributed by atoms with Crippen LogP contribution in [0, 0.1) is 0 Å². The molecule has 0 unspecified atom stereocenters. The van der Waals surface area contributed by atoms with Crippen LogP contribution in [0.5, 0.6) is 0 Å². The zero-order valence-electron chi connectivity index (χ0n) is 23.7. The van der Waals surface area contributed by atoms with Crippen molar-refractivity contribution in [3.8, 4) is 0 Å². The van der Waals surface area contributed by atoms with Crippen molar-refractivity contribution in [2.45, 2.75) is 130 Å². The minimum Gasteiger partial charge on any atom is -0.385 e. The molecule has 0 fully saturated rings. The smallest absolute Gasteiger partial charge is 0.170 e. The Morgan fingerprint density at radius 1 is 0.444 bits per heavy atom. The van der Waals surface area contributed by atoms with Crippen molar-refractivity contribution in [1.29, 1.82) is 0 Å². The molecule has 0 aliphatic carbocycles. The first kappa shape index (κ1) is 30.1. The third-order valence-corrected chi connectivity index (χ3v) is 7.08. The molecule has 2 heterocycles. The van der Waals surface area contributed by atoms with E-state index in [0.29, 0.717) is 0 Å². The third kappa shape index (κ3) is 15.1. The van der Waals surface area contributed by atoms with Crippen LogP contribution in [-0.4, -0.2) is 13.1 Å². The highest BCUT2D eigenvalue weighted by Crippen LogP contribution is 2.10. The fourth-order valence-corrected chi connectivity index (χ4v) is 4.67. The second-order valence-electron chi connectivity index (χ2n) is 10.5. The first-order valence-electron chi connectivity index (χ1n) is 15.3. The van der Waals surface area contributed by atoms with Gasteiger partial charge >= 0.3 is 0 Å². The molecule has 4 nitrogen and oxygen atoms in total. The van der Waals surface area contributed by atoms with Gasteiger partial charge in [-0.2, -0.15) is 0 Å². The Morgan fingerprint density at radius 3 is 1.14 bits per heavy atom. The summed E-state index contributed by atoms with van der Waals surface area (Å²) in [4.78, 5) is 0. The lowest BCUT2D eigenvalue weighted by Crippen LogP contribution is -2.32. The molecule has 36 heavy (non-hydrogen) atoms. The number of nitrogens with zero attached hydrogens (tertiary/aromatic N) is 2. The van der Waals surface area contributed by atoms with Crippen LogP contribution < -0.4 is 19.8 Å². The highest BCUT2D eigenvalue weighted by Gasteiger charge is 2.03. The molecule has 2 aromatic heterocycles. The first-order chi connectivity index (χ1) is 17.8. The highest BCUT2D eigenvalue weighted by atomic mass is 14.9. The van der Waals surface area contributed by atoms with Crippen molar-refractivity contribution < 1.29 is 9.13 Å². The fraction of sp³-hybridized carbons (Fsp3) is 0.688.